The van der Waals surface area contributed by atoms with Gasteiger partial charge in [-0.1, -0.05) is 30.3 Å². The van der Waals surface area contributed by atoms with Crippen molar-refractivity contribution >= 4 is 0 Å². The molecule has 1 fully saturated rings. The lowest BCUT2D eigenvalue weighted by molar-refractivity contribution is -0.186. The molecule has 1 atom stereocenters. The van der Waals surface area contributed by atoms with Crippen LogP contribution in [-0.2, 0) is 6.42 Å². The van der Waals surface area contributed by atoms with Gasteiger partial charge in [0.05, 0.1) is 5.92 Å². The second-order valence-electron chi connectivity index (χ2n) is 5.43. The molecule has 0 amide bonds. The van der Waals surface area contributed by atoms with Crippen molar-refractivity contribution in [1.29, 1.82) is 0 Å². The van der Waals surface area contributed by atoms with Gasteiger partial charge in [0, 0.05) is 12.6 Å². The third-order valence-electron chi connectivity index (χ3n) is 4.10. The van der Waals surface area contributed by atoms with Crippen LogP contribution in [-0.4, -0.2) is 36.8 Å². The van der Waals surface area contributed by atoms with E-state index in [-0.39, 0.29) is 25.0 Å². The van der Waals surface area contributed by atoms with Crippen LogP contribution in [0.2, 0.25) is 0 Å². The Balaban J connectivity index is 0.00000220. The van der Waals surface area contributed by atoms with Crippen LogP contribution in [0.25, 0.3) is 0 Å². The molecule has 1 aliphatic rings. The quantitative estimate of drug-likeness (QED) is 0.898. The number of piperidine rings is 1. The maximum Gasteiger partial charge on any atom is 0.391 e. The molecule has 21 heavy (non-hydrogen) atoms. The molecule has 1 unspecified atom stereocenters. The van der Waals surface area contributed by atoms with E-state index in [2.05, 4.69) is 4.90 Å². The monoisotopic (exact) mass is 303 g/mol. The number of halogens is 3. The second-order valence-corrected chi connectivity index (χ2v) is 5.43. The van der Waals surface area contributed by atoms with Crippen molar-refractivity contribution in [3.05, 3.63) is 35.9 Å². The smallest absolute Gasteiger partial charge is 0.344 e. The predicted octanol–water partition coefficient (Wildman–Crippen LogP) is 2.99. The van der Waals surface area contributed by atoms with Gasteiger partial charge in [-0.05, 0) is 37.9 Å². The molecule has 1 aliphatic heterocycles. The van der Waals surface area contributed by atoms with E-state index in [1.54, 1.807) is 0 Å². The minimum Gasteiger partial charge on any atom is -0.344 e. The van der Waals surface area contributed by atoms with Crippen molar-refractivity contribution in [3.63, 3.8) is 0 Å². The van der Waals surface area contributed by atoms with E-state index in [0.717, 1.165) is 6.42 Å². The first-order chi connectivity index (χ1) is 9.50. The molecular formula is C15H24F3N3. The standard InChI is InChI=1S/C15H21F3N2.H3N/c16-15(17,18)13-6-8-20(9-7-13)14(11-19)10-12-4-2-1-3-5-12;/h1-5,13-14H,6-11,19H2;1H3. The SMILES string of the molecule is N.NCC(Cc1ccccc1)N1CCC(C(F)(F)F)CC1. The molecule has 1 aromatic carbocycles. The van der Waals surface area contributed by atoms with Gasteiger partial charge in [0.15, 0.2) is 0 Å². The van der Waals surface area contributed by atoms with Crippen molar-refractivity contribution in [2.24, 2.45) is 11.7 Å². The number of nitrogens with zero attached hydrogens (tertiary/aromatic N) is 1. The van der Waals surface area contributed by atoms with Gasteiger partial charge >= 0.3 is 6.18 Å². The zero-order chi connectivity index (χ0) is 14.6. The first kappa shape index (κ1) is 17.9. The summed E-state index contributed by atoms with van der Waals surface area (Å²) < 4.78 is 38.0. The Morgan fingerprint density at radius 1 is 1.14 bits per heavy atom. The molecule has 6 heteroatoms. The van der Waals surface area contributed by atoms with Gasteiger partial charge in [0.25, 0.3) is 0 Å². The maximum absolute atomic E-state index is 12.7. The molecule has 3 nitrogen and oxygen atoms in total. The first-order valence-corrected chi connectivity index (χ1v) is 7.05. The molecule has 0 aliphatic carbocycles. The highest BCUT2D eigenvalue weighted by molar-refractivity contribution is 5.16. The van der Waals surface area contributed by atoms with Crippen LogP contribution in [0.1, 0.15) is 18.4 Å². The van der Waals surface area contributed by atoms with Gasteiger partial charge in [-0.3, -0.25) is 4.90 Å². The van der Waals surface area contributed by atoms with E-state index in [1.807, 2.05) is 30.3 Å². The Labute approximate surface area is 123 Å². The van der Waals surface area contributed by atoms with Crippen LogP contribution in [0, 0.1) is 5.92 Å². The van der Waals surface area contributed by atoms with Crippen molar-refractivity contribution in [3.8, 4) is 0 Å². The molecular weight excluding hydrogens is 279 g/mol. The average molecular weight is 303 g/mol. The third kappa shape index (κ3) is 4.98. The van der Waals surface area contributed by atoms with Crippen LogP contribution < -0.4 is 11.9 Å². The lowest BCUT2D eigenvalue weighted by atomic mass is 9.94. The van der Waals surface area contributed by atoms with E-state index in [4.69, 9.17) is 5.73 Å². The molecule has 120 valence electrons. The van der Waals surface area contributed by atoms with Crippen molar-refractivity contribution in [2.45, 2.75) is 31.5 Å². The number of hydrogen-bond acceptors (Lipinski definition) is 3. The average Bonchev–Trinajstić information content (AvgIpc) is 2.45. The summed E-state index contributed by atoms with van der Waals surface area (Å²) in [5, 5.41) is 0. The van der Waals surface area contributed by atoms with Gasteiger partial charge < -0.3 is 11.9 Å². The minimum absolute atomic E-state index is 0. The molecule has 0 spiro atoms. The van der Waals surface area contributed by atoms with E-state index in [9.17, 15) is 13.2 Å². The molecule has 2 rings (SSSR count). The summed E-state index contributed by atoms with van der Waals surface area (Å²) in [6.07, 6.45) is -2.87. The van der Waals surface area contributed by atoms with E-state index < -0.39 is 12.1 Å². The number of alkyl halides is 3. The van der Waals surface area contributed by atoms with Gasteiger partial charge in [0.2, 0.25) is 0 Å². The number of benzene rings is 1. The van der Waals surface area contributed by atoms with E-state index >= 15 is 0 Å². The van der Waals surface area contributed by atoms with Crippen LogP contribution in [0.15, 0.2) is 30.3 Å². The highest BCUT2D eigenvalue weighted by Crippen LogP contribution is 2.34. The molecule has 0 saturated carbocycles. The Hall–Kier alpha value is -1.11. The summed E-state index contributed by atoms with van der Waals surface area (Å²) in [6, 6.07) is 10.1. The molecule has 1 heterocycles. The van der Waals surface area contributed by atoms with Gasteiger partial charge in [-0.25, -0.2) is 0 Å². The lowest BCUT2D eigenvalue weighted by Gasteiger charge is -2.37. The number of rotatable bonds is 4. The lowest BCUT2D eigenvalue weighted by Crippen LogP contribution is -2.48. The van der Waals surface area contributed by atoms with Crippen LogP contribution in [0.5, 0.6) is 0 Å². The topological polar surface area (TPSA) is 64.3 Å². The van der Waals surface area contributed by atoms with E-state index in [1.165, 1.54) is 5.56 Å². The fourth-order valence-corrected chi connectivity index (χ4v) is 2.84. The summed E-state index contributed by atoms with van der Waals surface area (Å²) in [5.41, 5.74) is 6.99. The van der Waals surface area contributed by atoms with Crippen molar-refractivity contribution in [2.75, 3.05) is 19.6 Å². The maximum atomic E-state index is 12.7. The Morgan fingerprint density at radius 3 is 2.19 bits per heavy atom. The summed E-state index contributed by atoms with van der Waals surface area (Å²) >= 11 is 0. The molecule has 1 saturated heterocycles. The Morgan fingerprint density at radius 2 is 1.71 bits per heavy atom. The number of nitrogens with two attached hydrogens (primary N) is 1. The van der Waals surface area contributed by atoms with E-state index in [0.29, 0.717) is 19.6 Å². The minimum atomic E-state index is -4.05. The van der Waals surface area contributed by atoms with Crippen LogP contribution in [0.4, 0.5) is 13.2 Å². The highest BCUT2D eigenvalue weighted by atomic mass is 19.4. The van der Waals surface area contributed by atoms with Crippen molar-refractivity contribution in [1.82, 2.24) is 11.1 Å². The third-order valence-corrected chi connectivity index (χ3v) is 4.10. The molecule has 0 aromatic heterocycles. The molecule has 0 radical (unpaired) electrons. The largest absolute Gasteiger partial charge is 0.391 e. The summed E-state index contributed by atoms with van der Waals surface area (Å²) in [5.74, 6) is -1.14. The summed E-state index contributed by atoms with van der Waals surface area (Å²) in [7, 11) is 0. The summed E-state index contributed by atoms with van der Waals surface area (Å²) in [4.78, 5) is 2.11. The highest BCUT2D eigenvalue weighted by Gasteiger charge is 2.41. The predicted molar refractivity (Wildman–Crippen MR) is 78.4 cm³/mol. The molecule has 5 N–H and O–H groups in total. The van der Waals surface area contributed by atoms with Gasteiger partial charge in [0.1, 0.15) is 0 Å². The number of hydrogen-bond donors (Lipinski definition) is 2. The molecule has 0 bridgehead atoms. The fraction of sp³-hybridized carbons (Fsp3) is 0.600. The zero-order valence-electron chi connectivity index (χ0n) is 12.1. The Kier molecular flexibility index (Phi) is 6.64. The molecule has 1 aromatic rings. The summed E-state index contributed by atoms with van der Waals surface area (Å²) in [6.45, 7) is 1.45. The van der Waals surface area contributed by atoms with Crippen LogP contribution in [0.3, 0.4) is 0 Å². The number of likely N-dealkylation sites (tertiary alicyclic amines) is 1. The Bertz CT molecular complexity index is 400. The first-order valence-electron chi connectivity index (χ1n) is 7.05. The van der Waals surface area contributed by atoms with Crippen LogP contribution >= 0.6 is 0 Å². The second kappa shape index (κ2) is 7.77. The van der Waals surface area contributed by atoms with Gasteiger partial charge in [-0.15, -0.1) is 0 Å². The van der Waals surface area contributed by atoms with Gasteiger partial charge in [-0.2, -0.15) is 13.2 Å². The van der Waals surface area contributed by atoms with Crippen molar-refractivity contribution < 1.29 is 13.2 Å². The normalized spacial score (nSPS) is 19.0. The zero-order valence-corrected chi connectivity index (χ0v) is 12.1. The fourth-order valence-electron chi connectivity index (χ4n) is 2.84.